The summed E-state index contributed by atoms with van der Waals surface area (Å²) in [7, 11) is 0. The lowest BCUT2D eigenvalue weighted by molar-refractivity contribution is -0.119. The fourth-order valence-corrected chi connectivity index (χ4v) is 3.09. The molecule has 1 amide bonds. The Kier molecular flexibility index (Phi) is 4.15. The summed E-state index contributed by atoms with van der Waals surface area (Å²) in [6.07, 6.45) is 3.66. The number of carbonyl (C=O) groups is 1. The van der Waals surface area contributed by atoms with Crippen LogP contribution in [0.1, 0.15) is 37.3 Å². The Morgan fingerprint density at radius 1 is 1.29 bits per heavy atom. The second kappa shape index (κ2) is 6.06. The van der Waals surface area contributed by atoms with Crippen molar-refractivity contribution in [2.75, 3.05) is 18.0 Å². The predicted molar refractivity (Wildman–Crippen MR) is 85.5 cm³/mol. The van der Waals surface area contributed by atoms with Crippen LogP contribution < -0.4 is 15.5 Å². The van der Waals surface area contributed by atoms with E-state index in [-0.39, 0.29) is 11.9 Å². The van der Waals surface area contributed by atoms with Crippen LogP contribution in [-0.4, -0.2) is 31.1 Å². The van der Waals surface area contributed by atoms with Crippen LogP contribution in [0.4, 0.5) is 5.69 Å². The van der Waals surface area contributed by atoms with E-state index in [1.165, 1.54) is 29.7 Å². The normalized spacial score (nSPS) is 21.6. The Morgan fingerprint density at radius 3 is 2.81 bits per heavy atom. The molecule has 1 aromatic carbocycles. The first-order chi connectivity index (χ1) is 10.1. The highest BCUT2D eigenvalue weighted by atomic mass is 16.1. The monoisotopic (exact) mass is 287 g/mol. The number of nitrogens with zero attached hydrogens (tertiary/aromatic N) is 1. The van der Waals surface area contributed by atoms with Gasteiger partial charge in [0.2, 0.25) is 5.91 Å². The van der Waals surface area contributed by atoms with Gasteiger partial charge in [-0.2, -0.15) is 0 Å². The Balaban J connectivity index is 1.70. The number of nitrogens with one attached hydrogen (secondary N) is 2. The van der Waals surface area contributed by atoms with Gasteiger partial charge in [-0.05, 0) is 37.8 Å². The Morgan fingerprint density at radius 2 is 2.10 bits per heavy atom. The van der Waals surface area contributed by atoms with Gasteiger partial charge in [0.15, 0.2) is 0 Å². The minimum Gasteiger partial charge on any atom is -0.369 e. The van der Waals surface area contributed by atoms with Crippen molar-refractivity contribution >= 4 is 11.6 Å². The van der Waals surface area contributed by atoms with E-state index >= 15 is 0 Å². The van der Waals surface area contributed by atoms with Gasteiger partial charge in [0.1, 0.15) is 0 Å². The van der Waals surface area contributed by atoms with E-state index in [0.717, 1.165) is 32.1 Å². The highest BCUT2D eigenvalue weighted by molar-refractivity contribution is 5.73. The van der Waals surface area contributed by atoms with Crippen molar-refractivity contribution in [1.29, 1.82) is 0 Å². The van der Waals surface area contributed by atoms with Gasteiger partial charge in [-0.25, -0.2) is 0 Å². The van der Waals surface area contributed by atoms with Crippen LogP contribution in [0.25, 0.3) is 0 Å². The lowest BCUT2D eigenvalue weighted by atomic mass is 10.1. The number of amides is 1. The SMILES string of the molecule is CC(=O)NC1CCN(c2ccc(C)cc2CNC2CC2)C1. The molecule has 0 radical (unpaired) electrons. The number of aryl methyl sites for hydroxylation is 1. The molecule has 1 saturated heterocycles. The quantitative estimate of drug-likeness (QED) is 0.870. The molecular formula is C17H25N3O. The standard InChI is InChI=1S/C17H25N3O/c1-12-3-6-17(14(9-12)10-18-15-4-5-15)20-8-7-16(11-20)19-13(2)21/h3,6,9,15-16,18H,4-5,7-8,10-11H2,1-2H3,(H,19,21). The van der Waals surface area contributed by atoms with E-state index in [0.29, 0.717) is 0 Å². The average molecular weight is 287 g/mol. The van der Waals surface area contributed by atoms with E-state index in [1.54, 1.807) is 6.92 Å². The minimum absolute atomic E-state index is 0.0707. The van der Waals surface area contributed by atoms with Crippen LogP contribution in [-0.2, 0) is 11.3 Å². The van der Waals surface area contributed by atoms with Gasteiger partial charge in [0.25, 0.3) is 0 Å². The maximum atomic E-state index is 11.2. The molecule has 1 heterocycles. The smallest absolute Gasteiger partial charge is 0.217 e. The predicted octanol–water partition coefficient (Wildman–Crippen LogP) is 1.96. The third-order valence-electron chi connectivity index (χ3n) is 4.33. The first kappa shape index (κ1) is 14.4. The minimum atomic E-state index is 0.0707. The second-order valence-electron chi connectivity index (χ2n) is 6.42. The van der Waals surface area contributed by atoms with Crippen LogP contribution >= 0.6 is 0 Å². The van der Waals surface area contributed by atoms with Gasteiger partial charge in [-0.15, -0.1) is 0 Å². The number of benzene rings is 1. The molecule has 1 aliphatic heterocycles. The molecule has 2 N–H and O–H groups in total. The molecule has 4 heteroatoms. The Bertz CT molecular complexity index is 525. The van der Waals surface area contributed by atoms with Crippen molar-refractivity contribution in [3.63, 3.8) is 0 Å². The summed E-state index contributed by atoms with van der Waals surface area (Å²) in [5, 5.41) is 6.65. The Labute approximate surface area is 126 Å². The zero-order valence-electron chi connectivity index (χ0n) is 13.0. The molecular weight excluding hydrogens is 262 g/mol. The number of hydrogen-bond acceptors (Lipinski definition) is 3. The molecule has 2 aliphatic rings. The molecule has 2 fully saturated rings. The summed E-state index contributed by atoms with van der Waals surface area (Å²) in [5.74, 6) is 0.0707. The van der Waals surface area contributed by atoms with Crippen LogP contribution in [0.15, 0.2) is 18.2 Å². The summed E-state index contributed by atoms with van der Waals surface area (Å²) >= 11 is 0. The number of carbonyl (C=O) groups excluding carboxylic acids is 1. The molecule has 114 valence electrons. The summed E-state index contributed by atoms with van der Waals surface area (Å²) in [6, 6.07) is 7.71. The molecule has 1 atom stereocenters. The number of rotatable bonds is 5. The van der Waals surface area contributed by atoms with Crippen molar-refractivity contribution < 1.29 is 4.79 Å². The lowest BCUT2D eigenvalue weighted by Gasteiger charge is -2.23. The summed E-state index contributed by atoms with van der Waals surface area (Å²) in [5.41, 5.74) is 4.01. The van der Waals surface area contributed by atoms with Crippen LogP contribution in [0.2, 0.25) is 0 Å². The van der Waals surface area contributed by atoms with Crippen molar-refractivity contribution in [2.45, 2.75) is 51.7 Å². The average Bonchev–Trinajstić information content (AvgIpc) is 3.15. The second-order valence-corrected chi connectivity index (χ2v) is 6.42. The molecule has 0 aromatic heterocycles. The first-order valence-corrected chi connectivity index (χ1v) is 7.97. The maximum absolute atomic E-state index is 11.2. The fourth-order valence-electron chi connectivity index (χ4n) is 3.09. The molecule has 0 bridgehead atoms. The molecule has 4 nitrogen and oxygen atoms in total. The van der Waals surface area contributed by atoms with Crippen molar-refractivity contribution in [2.24, 2.45) is 0 Å². The van der Waals surface area contributed by atoms with E-state index in [1.807, 2.05) is 0 Å². The molecule has 1 unspecified atom stereocenters. The molecule has 1 aromatic rings. The van der Waals surface area contributed by atoms with Gasteiger partial charge in [-0.3, -0.25) is 4.79 Å². The van der Waals surface area contributed by atoms with Gasteiger partial charge < -0.3 is 15.5 Å². The van der Waals surface area contributed by atoms with Crippen molar-refractivity contribution in [3.8, 4) is 0 Å². The number of hydrogen-bond donors (Lipinski definition) is 2. The number of anilines is 1. The topological polar surface area (TPSA) is 44.4 Å². The van der Waals surface area contributed by atoms with Gasteiger partial charge in [-0.1, -0.05) is 17.7 Å². The van der Waals surface area contributed by atoms with Crippen LogP contribution in [0, 0.1) is 6.92 Å². The van der Waals surface area contributed by atoms with Crippen LogP contribution in [0.5, 0.6) is 0 Å². The third-order valence-corrected chi connectivity index (χ3v) is 4.33. The molecule has 1 saturated carbocycles. The zero-order valence-corrected chi connectivity index (χ0v) is 13.0. The molecule has 0 spiro atoms. The highest BCUT2D eigenvalue weighted by Gasteiger charge is 2.25. The zero-order chi connectivity index (χ0) is 14.8. The van der Waals surface area contributed by atoms with E-state index in [4.69, 9.17) is 0 Å². The summed E-state index contributed by atoms with van der Waals surface area (Å²) in [6.45, 7) is 6.63. The first-order valence-electron chi connectivity index (χ1n) is 7.97. The summed E-state index contributed by atoms with van der Waals surface area (Å²) in [4.78, 5) is 13.6. The van der Waals surface area contributed by atoms with Crippen molar-refractivity contribution in [3.05, 3.63) is 29.3 Å². The third kappa shape index (κ3) is 3.76. The molecule has 1 aliphatic carbocycles. The van der Waals surface area contributed by atoms with Gasteiger partial charge >= 0.3 is 0 Å². The highest BCUT2D eigenvalue weighted by Crippen LogP contribution is 2.27. The Hall–Kier alpha value is -1.55. The maximum Gasteiger partial charge on any atom is 0.217 e. The van der Waals surface area contributed by atoms with E-state index < -0.39 is 0 Å². The van der Waals surface area contributed by atoms with E-state index in [9.17, 15) is 4.79 Å². The summed E-state index contributed by atoms with van der Waals surface area (Å²) < 4.78 is 0. The van der Waals surface area contributed by atoms with Crippen LogP contribution in [0.3, 0.4) is 0 Å². The van der Waals surface area contributed by atoms with E-state index in [2.05, 4.69) is 40.7 Å². The molecule has 3 rings (SSSR count). The fraction of sp³-hybridized carbons (Fsp3) is 0.588. The lowest BCUT2D eigenvalue weighted by Crippen LogP contribution is -2.35. The van der Waals surface area contributed by atoms with Crippen molar-refractivity contribution in [1.82, 2.24) is 10.6 Å². The largest absolute Gasteiger partial charge is 0.369 e. The van der Waals surface area contributed by atoms with Gasteiger partial charge in [0, 0.05) is 44.3 Å². The molecule has 21 heavy (non-hydrogen) atoms. The van der Waals surface area contributed by atoms with Gasteiger partial charge in [0.05, 0.1) is 0 Å².